The molecule has 0 radical (unpaired) electrons. The number of benzene rings is 1. The monoisotopic (exact) mass is 365 g/mol. The maximum atomic E-state index is 12.6. The van der Waals surface area contributed by atoms with Gasteiger partial charge in [0, 0.05) is 31.0 Å². The van der Waals surface area contributed by atoms with Crippen molar-refractivity contribution in [3.05, 3.63) is 34.9 Å². The molecule has 1 aliphatic rings. The maximum absolute atomic E-state index is 12.6. The number of halogens is 1. The Kier molecular flexibility index (Phi) is 7.72. The van der Waals surface area contributed by atoms with Crippen molar-refractivity contribution >= 4 is 23.2 Å². The molecule has 1 aliphatic heterocycles. The summed E-state index contributed by atoms with van der Waals surface area (Å²) < 4.78 is 0. The highest BCUT2D eigenvalue weighted by molar-refractivity contribution is 6.30. The van der Waals surface area contributed by atoms with E-state index in [0.29, 0.717) is 30.6 Å². The Morgan fingerprint density at radius 2 is 1.92 bits per heavy atom. The molecule has 1 heterocycles. The van der Waals surface area contributed by atoms with Crippen molar-refractivity contribution in [3.8, 4) is 0 Å². The van der Waals surface area contributed by atoms with Gasteiger partial charge in [0.2, 0.25) is 5.91 Å². The smallest absolute Gasteiger partial charge is 0.239 e. The second-order valence-corrected chi connectivity index (χ2v) is 7.29. The van der Waals surface area contributed by atoms with E-state index in [0.717, 1.165) is 30.5 Å². The normalized spacial score (nSPS) is 16.0. The average molecular weight is 366 g/mol. The molecule has 0 saturated carbocycles. The molecular weight excluding hydrogens is 338 g/mol. The number of carbonyl (C=O) groups is 1. The van der Waals surface area contributed by atoms with Crippen LogP contribution in [0, 0.1) is 5.92 Å². The van der Waals surface area contributed by atoms with Gasteiger partial charge >= 0.3 is 0 Å². The number of amides is 1. The van der Waals surface area contributed by atoms with Gasteiger partial charge < -0.3 is 15.1 Å². The first-order chi connectivity index (χ1) is 12.0. The van der Waals surface area contributed by atoms with Crippen molar-refractivity contribution in [2.75, 3.05) is 20.1 Å². The van der Waals surface area contributed by atoms with Gasteiger partial charge in [-0.1, -0.05) is 42.7 Å². The van der Waals surface area contributed by atoms with Crippen molar-refractivity contribution in [1.29, 1.82) is 0 Å². The van der Waals surface area contributed by atoms with Crippen LogP contribution in [0.1, 0.15) is 38.7 Å². The highest BCUT2D eigenvalue weighted by Crippen LogP contribution is 2.14. The lowest BCUT2D eigenvalue weighted by atomic mass is 10.0. The van der Waals surface area contributed by atoms with E-state index in [-0.39, 0.29) is 11.9 Å². The number of nitrogens with one attached hydrogen (secondary N) is 1. The van der Waals surface area contributed by atoms with Gasteiger partial charge in [-0.05, 0) is 37.1 Å². The quantitative estimate of drug-likeness (QED) is 0.753. The Bertz CT molecular complexity index is 577. The Hall–Kier alpha value is -1.59. The summed E-state index contributed by atoms with van der Waals surface area (Å²) in [6.07, 6.45) is 2.39. The maximum Gasteiger partial charge on any atom is 0.239 e. The molecule has 1 amide bonds. The molecule has 1 atom stereocenters. The fourth-order valence-corrected chi connectivity index (χ4v) is 3.02. The Morgan fingerprint density at radius 1 is 1.28 bits per heavy atom. The number of piperidine rings is 1. The Morgan fingerprint density at radius 3 is 2.48 bits per heavy atom. The molecule has 1 N–H and O–H groups in total. The van der Waals surface area contributed by atoms with Crippen LogP contribution in [0.3, 0.4) is 0 Å². The number of oxime groups is 1. The summed E-state index contributed by atoms with van der Waals surface area (Å²) in [5.74, 6) is 0.682. The molecule has 1 saturated heterocycles. The highest BCUT2D eigenvalue weighted by atomic mass is 35.5. The molecule has 1 unspecified atom stereocenters. The fourth-order valence-electron chi connectivity index (χ4n) is 2.89. The van der Waals surface area contributed by atoms with E-state index in [9.17, 15) is 4.79 Å². The van der Waals surface area contributed by atoms with Gasteiger partial charge in [-0.15, -0.1) is 0 Å². The number of carbonyl (C=O) groups excluding carboxylic acids is 1. The van der Waals surface area contributed by atoms with Crippen LogP contribution >= 0.6 is 11.6 Å². The van der Waals surface area contributed by atoms with E-state index < -0.39 is 0 Å². The van der Waals surface area contributed by atoms with Gasteiger partial charge in [0.25, 0.3) is 0 Å². The second kappa shape index (κ2) is 9.78. The van der Waals surface area contributed by atoms with Crippen molar-refractivity contribution in [2.45, 2.75) is 45.8 Å². The summed E-state index contributed by atoms with van der Waals surface area (Å²) in [5, 5.41) is 8.09. The minimum atomic E-state index is -0.0976. The van der Waals surface area contributed by atoms with Gasteiger partial charge in [0.05, 0.1) is 11.8 Å². The third-order valence-corrected chi connectivity index (χ3v) is 4.60. The predicted molar refractivity (Wildman–Crippen MR) is 102 cm³/mol. The molecule has 0 bridgehead atoms. The first-order valence-electron chi connectivity index (χ1n) is 8.87. The van der Waals surface area contributed by atoms with Crippen molar-refractivity contribution in [1.82, 2.24) is 10.2 Å². The number of likely N-dealkylation sites (tertiary alicyclic amines) is 1. The largest absolute Gasteiger partial charge is 0.391 e. The minimum absolute atomic E-state index is 0.0976. The molecule has 0 spiro atoms. The van der Waals surface area contributed by atoms with Crippen molar-refractivity contribution in [2.24, 2.45) is 11.1 Å². The van der Waals surface area contributed by atoms with Gasteiger partial charge in [-0.3, -0.25) is 4.79 Å². The van der Waals surface area contributed by atoms with E-state index in [1.54, 1.807) is 0 Å². The van der Waals surface area contributed by atoms with Crippen LogP contribution in [0.5, 0.6) is 0 Å². The van der Waals surface area contributed by atoms with Gasteiger partial charge in [-0.2, -0.15) is 0 Å². The van der Waals surface area contributed by atoms with E-state index in [1.807, 2.05) is 36.2 Å². The molecule has 0 aromatic heterocycles. The zero-order chi connectivity index (χ0) is 18.2. The molecule has 25 heavy (non-hydrogen) atoms. The predicted octanol–water partition coefficient (Wildman–Crippen LogP) is 3.47. The van der Waals surface area contributed by atoms with E-state index in [1.165, 1.54) is 0 Å². The van der Waals surface area contributed by atoms with Crippen LogP contribution in [0.25, 0.3) is 0 Å². The summed E-state index contributed by atoms with van der Waals surface area (Å²) >= 11 is 5.86. The fraction of sp³-hybridized carbons (Fsp3) is 0.579. The second-order valence-electron chi connectivity index (χ2n) is 6.85. The van der Waals surface area contributed by atoms with Crippen LogP contribution in [-0.4, -0.2) is 42.7 Å². The lowest BCUT2D eigenvalue weighted by molar-refractivity contribution is -0.133. The molecule has 138 valence electrons. The highest BCUT2D eigenvalue weighted by Gasteiger charge is 2.26. The zero-order valence-electron chi connectivity index (χ0n) is 15.3. The summed E-state index contributed by atoms with van der Waals surface area (Å²) in [4.78, 5) is 20.0. The number of likely N-dealkylation sites (N-methyl/N-ethyl adjacent to an activating group) is 1. The minimum Gasteiger partial charge on any atom is -0.391 e. The standard InChI is InChI=1S/C19H28ClN3O2/c1-14(2)12-18(21-3)19(24)23-10-8-17(9-11-23)22-25-13-15-4-6-16(20)7-5-15/h4-7,14,18,21H,8-13H2,1-3H3. The first-order valence-corrected chi connectivity index (χ1v) is 9.25. The third kappa shape index (κ3) is 6.33. The van der Waals surface area contributed by atoms with Crippen molar-refractivity contribution in [3.63, 3.8) is 0 Å². The topological polar surface area (TPSA) is 53.9 Å². The van der Waals surface area contributed by atoms with Gasteiger partial charge in [0.1, 0.15) is 6.61 Å². The number of hydrogen-bond donors (Lipinski definition) is 1. The SMILES string of the molecule is CNC(CC(C)C)C(=O)N1CCC(=NOCc2ccc(Cl)cc2)CC1. The van der Waals surface area contributed by atoms with Crippen LogP contribution in [0.2, 0.25) is 5.02 Å². The lowest BCUT2D eigenvalue weighted by Crippen LogP contribution is -2.48. The summed E-state index contributed by atoms with van der Waals surface area (Å²) in [6.45, 7) is 6.11. The average Bonchev–Trinajstić information content (AvgIpc) is 2.61. The van der Waals surface area contributed by atoms with E-state index >= 15 is 0 Å². The molecule has 1 aromatic carbocycles. The van der Waals surface area contributed by atoms with Crippen LogP contribution in [0.15, 0.2) is 29.4 Å². The summed E-state index contributed by atoms with van der Waals surface area (Å²) in [7, 11) is 1.85. The number of hydrogen-bond acceptors (Lipinski definition) is 4. The molecular formula is C19H28ClN3O2. The number of rotatable bonds is 7. The summed E-state index contributed by atoms with van der Waals surface area (Å²) in [6, 6.07) is 7.44. The Labute approximate surface area is 155 Å². The third-order valence-electron chi connectivity index (χ3n) is 4.34. The summed E-state index contributed by atoms with van der Waals surface area (Å²) in [5.41, 5.74) is 2.05. The molecule has 0 aliphatic carbocycles. The van der Waals surface area contributed by atoms with E-state index in [4.69, 9.17) is 16.4 Å². The lowest BCUT2D eigenvalue weighted by Gasteiger charge is -2.31. The van der Waals surface area contributed by atoms with Crippen LogP contribution < -0.4 is 5.32 Å². The van der Waals surface area contributed by atoms with Crippen LogP contribution in [0.4, 0.5) is 0 Å². The molecule has 5 nitrogen and oxygen atoms in total. The molecule has 2 rings (SSSR count). The van der Waals surface area contributed by atoms with Crippen LogP contribution in [-0.2, 0) is 16.2 Å². The Balaban J connectivity index is 1.78. The molecule has 6 heteroatoms. The zero-order valence-corrected chi connectivity index (χ0v) is 16.1. The van der Waals surface area contributed by atoms with Gasteiger partial charge in [-0.25, -0.2) is 0 Å². The molecule has 1 aromatic rings. The number of nitrogens with zero attached hydrogens (tertiary/aromatic N) is 2. The van der Waals surface area contributed by atoms with E-state index in [2.05, 4.69) is 24.3 Å². The van der Waals surface area contributed by atoms with Gasteiger partial charge in [0.15, 0.2) is 0 Å². The van der Waals surface area contributed by atoms with Crippen molar-refractivity contribution < 1.29 is 9.63 Å². The first kappa shape index (κ1) is 19.7. The molecule has 1 fully saturated rings.